The first-order valence-corrected chi connectivity index (χ1v) is 5.62. The van der Waals surface area contributed by atoms with Gasteiger partial charge in [-0.2, -0.15) is 5.10 Å². The van der Waals surface area contributed by atoms with Gasteiger partial charge in [0.05, 0.1) is 0 Å². The summed E-state index contributed by atoms with van der Waals surface area (Å²) in [6, 6.07) is 7.85. The summed E-state index contributed by atoms with van der Waals surface area (Å²) >= 11 is 0. The lowest BCUT2D eigenvalue weighted by Gasteiger charge is -1.98. The number of nitrogens with two attached hydrogens (primary N) is 1. The van der Waals surface area contributed by atoms with E-state index in [0.717, 1.165) is 5.56 Å². The molecule has 0 aliphatic heterocycles. The molecule has 0 aliphatic carbocycles. The van der Waals surface area contributed by atoms with Gasteiger partial charge >= 0.3 is 0 Å². The van der Waals surface area contributed by atoms with Gasteiger partial charge in [-0.15, -0.1) is 18.3 Å². The maximum absolute atomic E-state index is 5.67. The minimum Gasteiger partial charge on any atom is -0.382 e. The average molecular weight is 233 g/mol. The average Bonchev–Trinajstić information content (AvgIpc) is 2.41. The number of rotatable bonds is 2. The van der Waals surface area contributed by atoms with Crippen LogP contribution < -0.4 is 5.73 Å². The Hall–Kier alpha value is -1.90. The Balaban J connectivity index is 0. The smallest absolute Gasteiger partial charge is 0.153 e. The van der Waals surface area contributed by atoms with E-state index in [-0.39, 0.29) is 0 Å². The van der Waals surface area contributed by atoms with E-state index in [2.05, 4.69) is 23.4 Å². The first-order chi connectivity index (χ1) is 8.24. The molecule has 17 heavy (non-hydrogen) atoms. The Morgan fingerprint density at radius 1 is 1.18 bits per heavy atom. The van der Waals surface area contributed by atoms with Gasteiger partial charge in [0.1, 0.15) is 0 Å². The fourth-order valence-electron chi connectivity index (χ4n) is 0.902. The van der Waals surface area contributed by atoms with Crippen LogP contribution in [-0.2, 0) is 0 Å². The second-order valence-corrected chi connectivity index (χ2v) is 2.72. The van der Waals surface area contributed by atoms with Crippen molar-refractivity contribution >= 4 is 12.1 Å². The maximum atomic E-state index is 5.67. The predicted molar refractivity (Wildman–Crippen MR) is 78.7 cm³/mol. The van der Waals surface area contributed by atoms with Gasteiger partial charge in [0.25, 0.3) is 0 Å². The molecule has 94 valence electrons. The molecule has 0 atom stereocenters. The van der Waals surface area contributed by atoms with Gasteiger partial charge in [-0.3, -0.25) is 0 Å². The zero-order chi connectivity index (χ0) is 13.7. The van der Waals surface area contributed by atoms with Crippen LogP contribution in [0.2, 0.25) is 0 Å². The minimum absolute atomic E-state index is 0.443. The van der Waals surface area contributed by atoms with Crippen molar-refractivity contribution in [1.82, 2.24) is 0 Å². The highest BCUT2D eigenvalue weighted by Gasteiger charge is 1.95. The molecule has 0 saturated carbocycles. The van der Waals surface area contributed by atoms with E-state index in [0.29, 0.717) is 5.84 Å². The third-order valence-electron chi connectivity index (χ3n) is 1.63. The second kappa shape index (κ2) is 12.2. The van der Waals surface area contributed by atoms with E-state index in [1.807, 2.05) is 45.0 Å². The van der Waals surface area contributed by atoms with Gasteiger partial charge in [-0.25, -0.2) is 0 Å². The van der Waals surface area contributed by atoms with E-state index in [4.69, 9.17) is 5.73 Å². The lowest BCUT2D eigenvalue weighted by molar-refractivity contribution is 1.23. The molecule has 3 heteroatoms. The van der Waals surface area contributed by atoms with Crippen molar-refractivity contribution in [3.05, 3.63) is 48.6 Å². The highest BCUT2D eigenvalue weighted by molar-refractivity contribution is 5.97. The summed E-state index contributed by atoms with van der Waals surface area (Å²) in [4.78, 5) is 0. The van der Waals surface area contributed by atoms with Crippen molar-refractivity contribution in [2.45, 2.75) is 27.7 Å². The molecule has 0 bridgehead atoms. The number of nitrogens with zero attached hydrogens (tertiary/aromatic N) is 2. The van der Waals surface area contributed by atoms with Crippen molar-refractivity contribution in [2.24, 2.45) is 15.9 Å². The summed E-state index contributed by atoms with van der Waals surface area (Å²) in [5.74, 6) is 0.443. The summed E-state index contributed by atoms with van der Waals surface area (Å²) in [6.07, 6.45) is 1.60. The minimum atomic E-state index is 0.443. The molecular weight excluding hydrogens is 210 g/mol. The van der Waals surface area contributed by atoms with E-state index in [9.17, 15) is 0 Å². The van der Waals surface area contributed by atoms with Gasteiger partial charge in [0.2, 0.25) is 0 Å². The molecule has 0 saturated heterocycles. The van der Waals surface area contributed by atoms with Crippen molar-refractivity contribution in [3.63, 3.8) is 0 Å². The zero-order valence-corrected chi connectivity index (χ0v) is 11.3. The summed E-state index contributed by atoms with van der Waals surface area (Å²) in [7, 11) is 0. The standard InChI is InChI=1S/C10H13N3.C2H6.C2H4/c1-3-12-13-10(11)9-6-4-8(2)5-7-9;2*1-2/h3-7H,1-2H3,(H2,11,13);1-2H3;1-2H2/b12-3-;;. The lowest BCUT2D eigenvalue weighted by Crippen LogP contribution is -2.12. The summed E-state index contributed by atoms with van der Waals surface area (Å²) in [5, 5.41) is 7.51. The highest BCUT2D eigenvalue weighted by atomic mass is 15.2. The molecular formula is C14H23N3. The van der Waals surface area contributed by atoms with E-state index in [1.165, 1.54) is 5.56 Å². The molecule has 3 nitrogen and oxygen atoms in total. The van der Waals surface area contributed by atoms with Gasteiger partial charge < -0.3 is 5.73 Å². The van der Waals surface area contributed by atoms with Gasteiger partial charge in [0, 0.05) is 11.8 Å². The van der Waals surface area contributed by atoms with Crippen molar-refractivity contribution < 1.29 is 0 Å². The normalized spacial score (nSPS) is 10.0. The number of hydrogen-bond acceptors (Lipinski definition) is 2. The quantitative estimate of drug-likeness (QED) is 0.361. The fraction of sp³-hybridized carbons (Fsp3) is 0.286. The maximum Gasteiger partial charge on any atom is 0.153 e. The molecule has 1 aromatic carbocycles. The molecule has 1 aromatic rings. The molecule has 0 amide bonds. The fourth-order valence-corrected chi connectivity index (χ4v) is 0.902. The third kappa shape index (κ3) is 7.96. The van der Waals surface area contributed by atoms with Crippen LogP contribution in [0.4, 0.5) is 0 Å². The molecule has 0 heterocycles. The summed E-state index contributed by atoms with van der Waals surface area (Å²) in [5.41, 5.74) is 7.77. The van der Waals surface area contributed by atoms with Gasteiger partial charge in [-0.1, -0.05) is 43.7 Å². The molecule has 0 aliphatic rings. The first-order valence-electron chi connectivity index (χ1n) is 5.62. The first kappa shape index (κ1) is 17.5. The van der Waals surface area contributed by atoms with Crippen LogP contribution in [0, 0.1) is 6.92 Å². The van der Waals surface area contributed by atoms with Crippen LogP contribution in [0.3, 0.4) is 0 Å². The number of aryl methyl sites for hydroxylation is 1. The molecule has 0 unspecified atom stereocenters. The molecule has 0 fully saturated rings. The van der Waals surface area contributed by atoms with E-state index in [1.54, 1.807) is 13.1 Å². The Bertz CT molecular complexity index is 337. The second-order valence-electron chi connectivity index (χ2n) is 2.72. The van der Waals surface area contributed by atoms with Crippen LogP contribution in [-0.4, -0.2) is 12.1 Å². The SMILES string of the molecule is C/C=N\N=C(/N)c1ccc(C)cc1.C=C.CC. The Morgan fingerprint density at radius 2 is 1.65 bits per heavy atom. The van der Waals surface area contributed by atoms with Crippen LogP contribution >= 0.6 is 0 Å². The zero-order valence-electron chi connectivity index (χ0n) is 11.3. The van der Waals surface area contributed by atoms with Crippen molar-refractivity contribution in [2.75, 3.05) is 0 Å². The molecule has 0 aromatic heterocycles. The Morgan fingerprint density at radius 3 is 2.06 bits per heavy atom. The van der Waals surface area contributed by atoms with Crippen LogP contribution in [0.15, 0.2) is 47.6 Å². The molecule has 2 N–H and O–H groups in total. The largest absolute Gasteiger partial charge is 0.382 e. The molecule has 1 rings (SSSR count). The van der Waals surface area contributed by atoms with Crippen LogP contribution in [0.1, 0.15) is 31.9 Å². The molecule has 0 radical (unpaired) electrons. The van der Waals surface area contributed by atoms with Crippen LogP contribution in [0.25, 0.3) is 0 Å². The van der Waals surface area contributed by atoms with Crippen LogP contribution in [0.5, 0.6) is 0 Å². The Kier molecular flexibility index (Phi) is 12.5. The van der Waals surface area contributed by atoms with Crippen molar-refractivity contribution in [1.29, 1.82) is 0 Å². The third-order valence-corrected chi connectivity index (χ3v) is 1.63. The number of hydrogen-bond donors (Lipinski definition) is 1. The summed E-state index contributed by atoms with van der Waals surface area (Å²) in [6.45, 7) is 13.8. The lowest BCUT2D eigenvalue weighted by atomic mass is 10.1. The summed E-state index contributed by atoms with van der Waals surface area (Å²) < 4.78 is 0. The number of benzene rings is 1. The van der Waals surface area contributed by atoms with Crippen molar-refractivity contribution in [3.8, 4) is 0 Å². The monoisotopic (exact) mass is 233 g/mol. The highest BCUT2D eigenvalue weighted by Crippen LogP contribution is 2.02. The Labute approximate surface area is 105 Å². The molecule has 0 spiro atoms. The van der Waals surface area contributed by atoms with E-state index < -0.39 is 0 Å². The topological polar surface area (TPSA) is 50.7 Å². The predicted octanol–water partition coefficient (Wildman–Crippen LogP) is 3.53. The number of amidine groups is 1. The van der Waals surface area contributed by atoms with Gasteiger partial charge in [0.15, 0.2) is 5.84 Å². The van der Waals surface area contributed by atoms with Gasteiger partial charge in [-0.05, 0) is 13.8 Å². The van der Waals surface area contributed by atoms with E-state index >= 15 is 0 Å².